The average Bonchev–Trinajstić information content (AvgIpc) is 3.64. The highest BCUT2D eigenvalue weighted by Gasteiger charge is 2.38. The van der Waals surface area contributed by atoms with Gasteiger partial charge in [-0.15, -0.1) is 0 Å². The minimum atomic E-state index is -0.518. The Morgan fingerprint density at radius 3 is 2.71 bits per heavy atom. The van der Waals surface area contributed by atoms with Crippen molar-refractivity contribution in [1.29, 1.82) is 0 Å². The van der Waals surface area contributed by atoms with Crippen LogP contribution in [0.2, 0.25) is 0 Å². The van der Waals surface area contributed by atoms with Crippen molar-refractivity contribution in [1.82, 2.24) is 29.6 Å². The van der Waals surface area contributed by atoms with Gasteiger partial charge in [0.15, 0.2) is 0 Å². The molecule has 38 heavy (non-hydrogen) atoms. The normalized spacial score (nSPS) is 19.0. The lowest BCUT2D eigenvalue weighted by atomic mass is 10.1. The number of anilines is 2. The summed E-state index contributed by atoms with van der Waals surface area (Å²) in [5.41, 5.74) is 8.91. The summed E-state index contributed by atoms with van der Waals surface area (Å²) < 4.78 is 7.07. The van der Waals surface area contributed by atoms with Crippen LogP contribution in [0.3, 0.4) is 0 Å². The first kappa shape index (κ1) is 25.3. The van der Waals surface area contributed by atoms with Crippen molar-refractivity contribution in [3.63, 3.8) is 0 Å². The Balaban J connectivity index is 1.29. The lowest BCUT2D eigenvalue weighted by molar-refractivity contribution is -0.117. The van der Waals surface area contributed by atoms with Crippen LogP contribution < -0.4 is 21.1 Å². The maximum atomic E-state index is 13.2. The van der Waals surface area contributed by atoms with Crippen molar-refractivity contribution in [3.05, 3.63) is 48.4 Å². The van der Waals surface area contributed by atoms with Crippen LogP contribution in [0.15, 0.2) is 37.1 Å². The molecule has 3 aromatic heterocycles. The molecule has 2 unspecified atom stereocenters. The minimum Gasteiger partial charge on any atom is -0.479 e. The van der Waals surface area contributed by atoms with Gasteiger partial charge in [0.25, 0.3) is 5.91 Å². The molecule has 198 valence electrons. The predicted molar refractivity (Wildman–Crippen MR) is 142 cm³/mol. The number of likely N-dealkylation sites (tertiary alicyclic amines) is 1. The molecule has 1 aliphatic carbocycles. The first-order valence-electron chi connectivity index (χ1n) is 12.5. The Bertz CT molecular complexity index is 1400. The van der Waals surface area contributed by atoms with Crippen LogP contribution in [-0.2, 0) is 16.6 Å². The van der Waals surface area contributed by atoms with Crippen LogP contribution >= 0.6 is 0 Å². The van der Waals surface area contributed by atoms with Gasteiger partial charge in [-0.1, -0.05) is 0 Å². The van der Waals surface area contributed by atoms with Gasteiger partial charge in [0.1, 0.15) is 5.69 Å². The second-order valence-corrected chi connectivity index (χ2v) is 9.72. The molecule has 0 aromatic carbocycles. The summed E-state index contributed by atoms with van der Waals surface area (Å²) in [6, 6.07) is 2.19. The summed E-state index contributed by atoms with van der Waals surface area (Å²) in [7, 11) is 3.25. The summed E-state index contributed by atoms with van der Waals surface area (Å²) in [6.07, 6.45) is 11.3. The van der Waals surface area contributed by atoms with E-state index >= 15 is 0 Å². The van der Waals surface area contributed by atoms with Crippen molar-refractivity contribution in [3.8, 4) is 17.1 Å². The third kappa shape index (κ3) is 5.21. The van der Waals surface area contributed by atoms with Gasteiger partial charge in [-0.05, 0) is 38.2 Å². The fourth-order valence-corrected chi connectivity index (χ4v) is 5.18. The number of carbonyl (C=O) groups excluding carboxylic acids is 2. The SMILES string of the molecule is COc1nc(-c2cnn(C)c2)cnc1/C(=C\N)C(=O)Nc1cc(NC(=O)CN2CC3CCC2C3)cnc1C. The van der Waals surface area contributed by atoms with Gasteiger partial charge in [-0.25, -0.2) is 9.97 Å². The number of nitrogens with two attached hydrogens (primary N) is 1. The predicted octanol–water partition coefficient (Wildman–Crippen LogP) is 1.95. The number of hydrogen-bond donors (Lipinski definition) is 3. The lowest BCUT2D eigenvalue weighted by Crippen LogP contribution is -2.38. The van der Waals surface area contributed by atoms with Crippen molar-refractivity contribution < 1.29 is 14.3 Å². The van der Waals surface area contributed by atoms with E-state index in [-0.39, 0.29) is 23.1 Å². The summed E-state index contributed by atoms with van der Waals surface area (Å²) in [5, 5.41) is 9.87. The van der Waals surface area contributed by atoms with Crippen LogP contribution in [-0.4, -0.2) is 67.7 Å². The van der Waals surface area contributed by atoms with Gasteiger partial charge >= 0.3 is 0 Å². The van der Waals surface area contributed by atoms with Gasteiger partial charge in [-0.2, -0.15) is 5.10 Å². The number of aryl methyl sites for hydroxylation is 2. The van der Waals surface area contributed by atoms with Crippen molar-refractivity contribution in [2.24, 2.45) is 18.7 Å². The van der Waals surface area contributed by atoms with Gasteiger partial charge in [0.05, 0.1) is 60.6 Å². The quantitative estimate of drug-likeness (QED) is 0.381. The number of amides is 2. The molecule has 12 nitrogen and oxygen atoms in total. The molecular weight excluding hydrogens is 486 g/mol. The Labute approximate surface area is 220 Å². The molecule has 1 aliphatic heterocycles. The molecule has 1 saturated heterocycles. The van der Waals surface area contributed by atoms with Gasteiger partial charge in [0, 0.05) is 37.6 Å². The fourth-order valence-electron chi connectivity index (χ4n) is 5.18. The monoisotopic (exact) mass is 517 g/mol. The molecular formula is C26H31N9O3. The smallest absolute Gasteiger partial charge is 0.259 e. The molecule has 3 aromatic rings. The van der Waals surface area contributed by atoms with Crippen LogP contribution in [0.5, 0.6) is 5.88 Å². The standard InChI is InChI=1S/C26H31N9O3/c1-15-21(7-18(10-28-15)31-23(36)14-35-12-16-4-5-19(35)6-16)32-25(37)20(8-27)24-26(38-3)33-22(11-29-24)17-9-30-34(2)13-17/h7-11,13,16,19H,4-6,12,14,27H2,1-3H3,(H,31,36)(H,32,37)/b20-8+. The van der Waals surface area contributed by atoms with Crippen LogP contribution in [0.1, 0.15) is 30.7 Å². The molecule has 2 aliphatic rings. The number of nitrogens with one attached hydrogen (secondary N) is 2. The first-order chi connectivity index (χ1) is 18.3. The van der Waals surface area contributed by atoms with E-state index in [0.29, 0.717) is 35.3 Å². The molecule has 2 amide bonds. The number of hydrogen-bond acceptors (Lipinski definition) is 9. The lowest BCUT2D eigenvalue weighted by Gasteiger charge is -2.25. The molecule has 2 fully saturated rings. The number of fused-ring (bicyclic) bond motifs is 2. The molecule has 12 heteroatoms. The summed E-state index contributed by atoms with van der Waals surface area (Å²) in [5.74, 6) is 0.243. The van der Waals surface area contributed by atoms with Crippen molar-refractivity contribution >= 4 is 28.8 Å². The number of pyridine rings is 1. The van der Waals surface area contributed by atoms with Gasteiger partial charge < -0.3 is 21.1 Å². The Kier molecular flexibility index (Phi) is 7.05. The summed E-state index contributed by atoms with van der Waals surface area (Å²) in [6.45, 7) is 3.09. The van der Waals surface area contributed by atoms with Crippen LogP contribution in [0.25, 0.3) is 16.8 Å². The second kappa shape index (κ2) is 10.6. The summed E-state index contributed by atoms with van der Waals surface area (Å²) in [4.78, 5) is 41.4. The van der Waals surface area contributed by atoms with E-state index in [0.717, 1.165) is 24.2 Å². The van der Waals surface area contributed by atoms with Crippen molar-refractivity contribution in [2.75, 3.05) is 30.8 Å². The Morgan fingerprint density at radius 1 is 1.21 bits per heavy atom. The highest BCUT2D eigenvalue weighted by atomic mass is 16.5. The Morgan fingerprint density at radius 2 is 2.05 bits per heavy atom. The van der Waals surface area contributed by atoms with Crippen LogP contribution in [0, 0.1) is 12.8 Å². The number of ether oxygens (including phenoxy) is 1. The molecule has 5 rings (SSSR count). The highest BCUT2D eigenvalue weighted by Crippen LogP contribution is 2.37. The number of piperidine rings is 1. The molecule has 0 spiro atoms. The fraction of sp³-hybridized carbons (Fsp3) is 0.385. The maximum Gasteiger partial charge on any atom is 0.259 e. The third-order valence-corrected chi connectivity index (χ3v) is 7.09. The average molecular weight is 518 g/mol. The first-order valence-corrected chi connectivity index (χ1v) is 12.5. The number of nitrogens with zero attached hydrogens (tertiary/aromatic N) is 6. The number of methoxy groups -OCH3 is 1. The zero-order valence-corrected chi connectivity index (χ0v) is 21.6. The largest absolute Gasteiger partial charge is 0.479 e. The molecule has 4 heterocycles. The zero-order valence-electron chi connectivity index (χ0n) is 21.6. The topological polar surface area (TPSA) is 153 Å². The number of carbonyl (C=O) groups is 2. The minimum absolute atomic E-state index is 0.0741. The molecule has 2 bridgehead atoms. The van der Waals surface area contributed by atoms with Gasteiger partial charge in [-0.3, -0.25) is 24.2 Å². The van der Waals surface area contributed by atoms with Crippen molar-refractivity contribution in [2.45, 2.75) is 32.2 Å². The molecule has 1 saturated carbocycles. The van der Waals surface area contributed by atoms with E-state index in [1.165, 1.54) is 32.6 Å². The van der Waals surface area contributed by atoms with E-state index in [9.17, 15) is 9.59 Å². The highest BCUT2D eigenvalue weighted by molar-refractivity contribution is 6.25. The maximum absolute atomic E-state index is 13.2. The van der Waals surface area contributed by atoms with E-state index in [1.807, 2.05) is 0 Å². The number of rotatable bonds is 8. The van der Waals surface area contributed by atoms with E-state index in [2.05, 4.69) is 35.6 Å². The Hall–Kier alpha value is -4.32. The van der Waals surface area contributed by atoms with Crippen LogP contribution in [0.4, 0.5) is 11.4 Å². The van der Waals surface area contributed by atoms with Gasteiger partial charge in [0.2, 0.25) is 11.8 Å². The molecule has 4 N–H and O–H groups in total. The third-order valence-electron chi connectivity index (χ3n) is 7.09. The zero-order chi connectivity index (χ0) is 26.8. The molecule has 2 atom stereocenters. The van der Waals surface area contributed by atoms with E-state index < -0.39 is 5.91 Å². The second-order valence-electron chi connectivity index (χ2n) is 9.72. The number of aromatic nitrogens is 5. The molecule has 0 radical (unpaired) electrons. The summed E-state index contributed by atoms with van der Waals surface area (Å²) >= 11 is 0. The van der Waals surface area contributed by atoms with E-state index in [1.54, 1.807) is 43.3 Å². The van der Waals surface area contributed by atoms with E-state index in [4.69, 9.17) is 10.5 Å².